The number of hydrogen-bond acceptors (Lipinski definition) is 5. The Morgan fingerprint density at radius 2 is 1.87 bits per heavy atom. The summed E-state index contributed by atoms with van der Waals surface area (Å²) in [5.41, 5.74) is -0.336. The van der Waals surface area contributed by atoms with Gasteiger partial charge in [-0.2, -0.15) is 4.31 Å². The highest BCUT2D eigenvalue weighted by Crippen LogP contribution is 2.40. The van der Waals surface area contributed by atoms with Gasteiger partial charge in [0.05, 0.1) is 4.92 Å². The molecule has 7 nitrogen and oxygen atoms in total. The molecular weight excluding hydrogens is 318 g/mol. The van der Waals surface area contributed by atoms with Crippen LogP contribution in [0, 0.1) is 15.5 Å². The molecule has 0 amide bonds. The largest absolute Gasteiger partial charge is 0.317 e. The fourth-order valence-electron chi connectivity index (χ4n) is 3.70. The number of nitrogens with zero attached hydrogens (tertiary/aromatic N) is 2. The lowest BCUT2D eigenvalue weighted by Gasteiger charge is -2.44. The van der Waals surface area contributed by atoms with Crippen molar-refractivity contribution in [3.8, 4) is 0 Å². The zero-order valence-electron chi connectivity index (χ0n) is 12.9. The SMILES string of the molecule is O=[N+]([O-])c1ccccc1S(=O)(=O)N1CCCC2(CCNCC2)C1. The van der Waals surface area contributed by atoms with Gasteiger partial charge in [-0.25, -0.2) is 8.42 Å². The van der Waals surface area contributed by atoms with E-state index in [1.807, 2.05) is 0 Å². The minimum atomic E-state index is -3.84. The topological polar surface area (TPSA) is 92.5 Å². The molecule has 1 N–H and O–H groups in total. The number of nitro benzene ring substituents is 1. The number of piperidine rings is 2. The Kier molecular flexibility index (Phi) is 4.39. The highest BCUT2D eigenvalue weighted by atomic mass is 32.2. The van der Waals surface area contributed by atoms with Gasteiger partial charge in [-0.1, -0.05) is 12.1 Å². The van der Waals surface area contributed by atoms with Crippen LogP contribution >= 0.6 is 0 Å². The first-order valence-electron chi connectivity index (χ1n) is 7.89. The molecule has 2 aliphatic rings. The van der Waals surface area contributed by atoms with Gasteiger partial charge in [-0.15, -0.1) is 0 Å². The zero-order chi connectivity index (χ0) is 16.5. The Balaban J connectivity index is 1.92. The van der Waals surface area contributed by atoms with Gasteiger partial charge in [0.2, 0.25) is 10.0 Å². The van der Waals surface area contributed by atoms with Crippen LogP contribution in [0.4, 0.5) is 5.69 Å². The summed E-state index contributed by atoms with van der Waals surface area (Å²) in [7, 11) is -3.84. The molecule has 2 fully saturated rings. The van der Waals surface area contributed by atoms with E-state index in [-0.39, 0.29) is 16.0 Å². The van der Waals surface area contributed by atoms with Gasteiger partial charge in [-0.05, 0) is 50.3 Å². The second kappa shape index (κ2) is 6.18. The predicted molar refractivity (Wildman–Crippen MR) is 85.6 cm³/mol. The van der Waals surface area contributed by atoms with E-state index in [9.17, 15) is 18.5 Å². The number of rotatable bonds is 3. The van der Waals surface area contributed by atoms with E-state index in [0.29, 0.717) is 13.1 Å². The first-order chi connectivity index (χ1) is 10.9. The quantitative estimate of drug-likeness (QED) is 0.669. The molecule has 23 heavy (non-hydrogen) atoms. The standard InChI is InChI=1S/C15H21N3O4S/c19-18(20)13-4-1-2-5-14(13)23(21,22)17-11-3-6-15(12-17)7-9-16-10-8-15/h1-2,4-5,16H,3,6-12H2. The summed E-state index contributed by atoms with van der Waals surface area (Å²) in [5, 5.41) is 14.5. The molecule has 2 aliphatic heterocycles. The summed E-state index contributed by atoms with van der Waals surface area (Å²) in [6.07, 6.45) is 3.74. The van der Waals surface area contributed by atoms with E-state index < -0.39 is 14.9 Å². The van der Waals surface area contributed by atoms with Crippen molar-refractivity contribution in [1.29, 1.82) is 0 Å². The summed E-state index contributed by atoms with van der Waals surface area (Å²) in [6.45, 7) is 2.70. The molecule has 0 unspecified atom stereocenters. The van der Waals surface area contributed by atoms with Crippen LogP contribution in [0.1, 0.15) is 25.7 Å². The average Bonchev–Trinajstić information content (AvgIpc) is 2.55. The summed E-state index contributed by atoms with van der Waals surface area (Å²) in [6, 6.07) is 5.60. The van der Waals surface area contributed by atoms with E-state index in [1.165, 1.54) is 28.6 Å². The summed E-state index contributed by atoms with van der Waals surface area (Å²) in [5.74, 6) is 0. The second-order valence-electron chi connectivity index (χ2n) is 6.42. The van der Waals surface area contributed by atoms with Crippen molar-refractivity contribution in [3.05, 3.63) is 34.4 Å². The maximum atomic E-state index is 12.9. The lowest BCUT2D eigenvalue weighted by molar-refractivity contribution is -0.387. The molecule has 8 heteroatoms. The molecule has 0 bridgehead atoms. The van der Waals surface area contributed by atoms with E-state index in [4.69, 9.17) is 0 Å². The molecule has 1 aromatic carbocycles. The van der Waals surface area contributed by atoms with Crippen molar-refractivity contribution in [2.75, 3.05) is 26.2 Å². The third-order valence-corrected chi connectivity index (χ3v) is 6.86. The summed E-state index contributed by atoms with van der Waals surface area (Å²) >= 11 is 0. The minimum absolute atomic E-state index is 0.0140. The maximum Gasteiger partial charge on any atom is 0.289 e. The van der Waals surface area contributed by atoms with Gasteiger partial charge in [0.15, 0.2) is 4.90 Å². The molecule has 0 radical (unpaired) electrons. The van der Waals surface area contributed by atoms with Crippen molar-refractivity contribution >= 4 is 15.7 Å². The van der Waals surface area contributed by atoms with Crippen LogP contribution in [0.3, 0.4) is 0 Å². The number of sulfonamides is 1. The second-order valence-corrected chi connectivity index (χ2v) is 8.32. The zero-order valence-corrected chi connectivity index (χ0v) is 13.7. The number of para-hydroxylation sites is 1. The van der Waals surface area contributed by atoms with Crippen LogP contribution in [-0.2, 0) is 10.0 Å². The number of benzene rings is 1. The first-order valence-corrected chi connectivity index (χ1v) is 9.33. The molecule has 2 saturated heterocycles. The molecular formula is C15H21N3O4S. The molecule has 0 aromatic heterocycles. The molecule has 1 spiro atoms. The van der Waals surface area contributed by atoms with E-state index in [0.717, 1.165) is 38.8 Å². The Bertz CT molecular complexity index is 693. The van der Waals surface area contributed by atoms with Crippen molar-refractivity contribution in [3.63, 3.8) is 0 Å². The molecule has 0 aliphatic carbocycles. The van der Waals surface area contributed by atoms with Crippen LogP contribution < -0.4 is 5.32 Å². The lowest BCUT2D eigenvalue weighted by atomic mass is 9.73. The molecule has 0 saturated carbocycles. The van der Waals surface area contributed by atoms with Crippen LogP contribution in [-0.4, -0.2) is 43.8 Å². The van der Waals surface area contributed by atoms with Gasteiger partial charge in [0.25, 0.3) is 5.69 Å². The third kappa shape index (κ3) is 3.11. The third-order valence-electron chi connectivity index (χ3n) is 4.97. The van der Waals surface area contributed by atoms with Crippen molar-refractivity contribution in [1.82, 2.24) is 9.62 Å². The van der Waals surface area contributed by atoms with Crippen LogP contribution in [0.25, 0.3) is 0 Å². The smallest absolute Gasteiger partial charge is 0.289 e. The number of hydrogen-bond donors (Lipinski definition) is 1. The van der Waals surface area contributed by atoms with Crippen molar-refractivity contribution in [2.24, 2.45) is 5.41 Å². The monoisotopic (exact) mass is 339 g/mol. The fraction of sp³-hybridized carbons (Fsp3) is 0.600. The molecule has 126 valence electrons. The number of nitrogens with one attached hydrogen (secondary N) is 1. The average molecular weight is 339 g/mol. The Labute approximate surface area is 135 Å². The Morgan fingerprint density at radius 3 is 2.57 bits per heavy atom. The van der Waals surface area contributed by atoms with Crippen LogP contribution in [0.15, 0.2) is 29.2 Å². The number of nitro groups is 1. The van der Waals surface area contributed by atoms with Gasteiger partial charge >= 0.3 is 0 Å². The maximum absolute atomic E-state index is 12.9. The van der Waals surface area contributed by atoms with E-state index >= 15 is 0 Å². The Morgan fingerprint density at radius 1 is 1.17 bits per heavy atom. The highest BCUT2D eigenvalue weighted by molar-refractivity contribution is 7.89. The van der Waals surface area contributed by atoms with Gasteiger partial charge in [0, 0.05) is 19.2 Å². The minimum Gasteiger partial charge on any atom is -0.317 e. The first kappa shape index (κ1) is 16.4. The van der Waals surface area contributed by atoms with Gasteiger partial charge < -0.3 is 5.32 Å². The molecule has 0 atom stereocenters. The van der Waals surface area contributed by atoms with E-state index in [2.05, 4.69) is 5.32 Å². The van der Waals surface area contributed by atoms with Gasteiger partial charge in [0.1, 0.15) is 0 Å². The fourth-order valence-corrected chi connectivity index (χ4v) is 5.45. The molecule has 2 heterocycles. The summed E-state index contributed by atoms with van der Waals surface area (Å²) in [4.78, 5) is 10.3. The van der Waals surface area contributed by atoms with E-state index in [1.54, 1.807) is 0 Å². The normalized spacial score (nSPS) is 22.1. The highest BCUT2D eigenvalue weighted by Gasteiger charge is 2.42. The van der Waals surface area contributed by atoms with Crippen molar-refractivity contribution in [2.45, 2.75) is 30.6 Å². The Hall–Kier alpha value is -1.51. The van der Waals surface area contributed by atoms with Crippen LogP contribution in [0.5, 0.6) is 0 Å². The molecule has 1 aromatic rings. The predicted octanol–water partition coefficient (Wildman–Crippen LogP) is 1.75. The van der Waals surface area contributed by atoms with Crippen LogP contribution in [0.2, 0.25) is 0 Å². The van der Waals surface area contributed by atoms with Crippen molar-refractivity contribution < 1.29 is 13.3 Å². The summed E-state index contributed by atoms with van der Waals surface area (Å²) < 4.78 is 27.3. The van der Waals surface area contributed by atoms with Gasteiger partial charge in [-0.3, -0.25) is 10.1 Å². The molecule has 3 rings (SSSR count). The lowest BCUT2D eigenvalue weighted by Crippen LogP contribution is -2.50.